The summed E-state index contributed by atoms with van der Waals surface area (Å²) >= 11 is 1.42. The Labute approximate surface area is 198 Å². The lowest BCUT2D eigenvalue weighted by atomic mass is 10.1. The Morgan fingerprint density at radius 2 is 1.79 bits per heavy atom. The van der Waals surface area contributed by atoms with Crippen molar-refractivity contribution in [3.8, 4) is 5.75 Å². The molecule has 4 rings (SSSR count). The minimum Gasteiger partial charge on any atom is -0.495 e. The van der Waals surface area contributed by atoms with Gasteiger partial charge in [0.2, 0.25) is 5.91 Å². The van der Waals surface area contributed by atoms with E-state index in [0.29, 0.717) is 22.7 Å². The number of thioether (sulfide) groups is 1. The van der Waals surface area contributed by atoms with Gasteiger partial charge < -0.3 is 10.1 Å². The predicted octanol–water partition coefficient (Wildman–Crippen LogP) is 6.05. The molecule has 0 spiro atoms. The van der Waals surface area contributed by atoms with Gasteiger partial charge in [-0.15, -0.1) is 11.8 Å². The molecule has 2 amide bonds. The molecule has 9 heteroatoms. The van der Waals surface area contributed by atoms with Crippen molar-refractivity contribution in [2.45, 2.75) is 18.5 Å². The number of nitrogens with zero attached hydrogens (tertiary/aromatic N) is 1. The van der Waals surface area contributed by atoms with Crippen LogP contribution >= 0.6 is 11.8 Å². The minimum atomic E-state index is -4.48. The molecule has 0 radical (unpaired) electrons. The molecule has 0 saturated carbocycles. The van der Waals surface area contributed by atoms with E-state index in [1.807, 2.05) is 25.1 Å². The second-order valence-corrected chi connectivity index (χ2v) is 8.79. The Hall–Kier alpha value is -3.46. The van der Waals surface area contributed by atoms with Crippen molar-refractivity contribution in [2.75, 3.05) is 23.1 Å². The highest BCUT2D eigenvalue weighted by molar-refractivity contribution is 8.00. The van der Waals surface area contributed by atoms with Crippen LogP contribution in [0.2, 0.25) is 0 Å². The van der Waals surface area contributed by atoms with Crippen molar-refractivity contribution >= 4 is 35.0 Å². The van der Waals surface area contributed by atoms with E-state index in [1.54, 1.807) is 29.2 Å². The molecule has 1 fully saturated rings. The van der Waals surface area contributed by atoms with Gasteiger partial charge in [-0.2, -0.15) is 13.2 Å². The fraction of sp³-hybridized carbons (Fsp3) is 0.200. The Bertz CT molecular complexity index is 1230. The largest absolute Gasteiger partial charge is 0.495 e. The van der Waals surface area contributed by atoms with Crippen LogP contribution in [-0.4, -0.2) is 24.7 Å². The van der Waals surface area contributed by atoms with Gasteiger partial charge in [0.25, 0.3) is 5.91 Å². The highest BCUT2D eigenvalue weighted by atomic mass is 32.2. The molecular weight excluding hydrogens is 465 g/mol. The number of halogens is 3. The van der Waals surface area contributed by atoms with Crippen molar-refractivity contribution in [3.63, 3.8) is 0 Å². The van der Waals surface area contributed by atoms with Gasteiger partial charge in [-0.3, -0.25) is 14.5 Å². The maximum absolute atomic E-state index is 12.9. The lowest BCUT2D eigenvalue weighted by Gasteiger charge is -2.27. The Morgan fingerprint density at radius 3 is 2.47 bits per heavy atom. The summed E-state index contributed by atoms with van der Waals surface area (Å²) in [5.74, 6) is 0.166. The molecule has 3 aromatic rings. The zero-order valence-corrected chi connectivity index (χ0v) is 19.2. The third-order valence-electron chi connectivity index (χ3n) is 5.41. The van der Waals surface area contributed by atoms with Crippen LogP contribution in [0.5, 0.6) is 5.75 Å². The first-order chi connectivity index (χ1) is 16.2. The number of benzene rings is 3. The van der Waals surface area contributed by atoms with Crippen LogP contribution in [-0.2, 0) is 11.0 Å². The normalized spacial score (nSPS) is 16.0. The van der Waals surface area contributed by atoms with Gasteiger partial charge in [0.15, 0.2) is 0 Å². The zero-order chi connectivity index (χ0) is 24.5. The Balaban J connectivity index is 1.65. The van der Waals surface area contributed by atoms with Gasteiger partial charge in [-0.1, -0.05) is 24.3 Å². The van der Waals surface area contributed by atoms with Crippen LogP contribution in [0.25, 0.3) is 0 Å². The molecule has 0 bridgehead atoms. The second-order valence-electron chi connectivity index (χ2n) is 7.72. The molecule has 1 saturated heterocycles. The van der Waals surface area contributed by atoms with Crippen LogP contribution in [0.4, 0.5) is 24.5 Å². The average molecular weight is 487 g/mol. The van der Waals surface area contributed by atoms with E-state index in [0.717, 1.165) is 29.8 Å². The van der Waals surface area contributed by atoms with Gasteiger partial charge >= 0.3 is 6.18 Å². The topological polar surface area (TPSA) is 58.6 Å². The summed E-state index contributed by atoms with van der Waals surface area (Å²) in [6.45, 7) is 1.92. The molecule has 1 unspecified atom stereocenters. The molecule has 1 atom stereocenters. The molecular formula is C25H21F3N2O3S. The molecule has 1 aliphatic rings. The molecule has 1 heterocycles. The van der Waals surface area contributed by atoms with Crippen LogP contribution in [0.1, 0.15) is 32.4 Å². The van der Waals surface area contributed by atoms with Crippen LogP contribution in [0.3, 0.4) is 0 Å². The molecule has 34 heavy (non-hydrogen) atoms. The van der Waals surface area contributed by atoms with Gasteiger partial charge in [0.1, 0.15) is 11.1 Å². The van der Waals surface area contributed by atoms with Crippen molar-refractivity contribution in [1.29, 1.82) is 0 Å². The number of alkyl halides is 3. The number of carbonyl (C=O) groups is 2. The third kappa shape index (κ3) is 4.75. The van der Waals surface area contributed by atoms with Gasteiger partial charge in [0.05, 0.1) is 24.1 Å². The summed E-state index contributed by atoms with van der Waals surface area (Å²) in [5, 5.41) is 2.36. The van der Waals surface area contributed by atoms with Crippen molar-refractivity contribution in [2.24, 2.45) is 0 Å². The van der Waals surface area contributed by atoms with Gasteiger partial charge in [-0.25, -0.2) is 0 Å². The third-order valence-corrected chi connectivity index (χ3v) is 6.61. The number of carbonyl (C=O) groups excluding carboxylic acids is 2. The lowest BCUT2D eigenvalue weighted by Crippen LogP contribution is -2.29. The molecule has 3 aromatic carbocycles. The monoisotopic (exact) mass is 486 g/mol. The van der Waals surface area contributed by atoms with E-state index in [9.17, 15) is 22.8 Å². The van der Waals surface area contributed by atoms with E-state index < -0.39 is 23.0 Å². The first-order valence-corrected chi connectivity index (χ1v) is 11.4. The van der Waals surface area contributed by atoms with Crippen molar-refractivity contribution in [1.82, 2.24) is 0 Å². The summed E-state index contributed by atoms with van der Waals surface area (Å²) in [7, 11) is 1.54. The van der Waals surface area contributed by atoms with Crippen LogP contribution < -0.4 is 15.0 Å². The molecule has 0 aliphatic carbocycles. The highest BCUT2D eigenvalue weighted by Crippen LogP contribution is 2.47. The zero-order valence-electron chi connectivity index (χ0n) is 18.3. The number of hydrogen-bond donors (Lipinski definition) is 1. The number of anilines is 2. The van der Waals surface area contributed by atoms with E-state index in [4.69, 9.17) is 4.74 Å². The van der Waals surface area contributed by atoms with E-state index in [-0.39, 0.29) is 17.2 Å². The number of ether oxygens (including phenoxy) is 1. The second kappa shape index (κ2) is 9.42. The number of para-hydroxylation sites is 1. The fourth-order valence-corrected chi connectivity index (χ4v) is 4.94. The minimum absolute atomic E-state index is 0.0927. The summed E-state index contributed by atoms with van der Waals surface area (Å²) in [6.07, 6.45) is -4.48. The average Bonchev–Trinajstić information content (AvgIpc) is 3.19. The fourth-order valence-electron chi connectivity index (χ4n) is 3.73. The molecule has 1 N–H and O–H groups in total. The molecule has 5 nitrogen and oxygen atoms in total. The molecule has 176 valence electrons. The number of nitrogens with one attached hydrogen (secondary N) is 1. The maximum Gasteiger partial charge on any atom is 0.416 e. The summed E-state index contributed by atoms with van der Waals surface area (Å²) in [6, 6.07) is 16.6. The number of aryl methyl sites for hydroxylation is 1. The van der Waals surface area contributed by atoms with Gasteiger partial charge in [0, 0.05) is 16.8 Å². The maximum atomic E-state index is 12.9. The molecule has 0 aromatic heterocycles. The molecule has 1 aliphatic heterocycles. The standard InChI is InChI=1S/C25H21F3N2O3S/c1-15-7-12-21(33-2)20(13-15)30-22(31)14-34-24(30)18-5-3-4-6-19(18)29-23(32)16-8-10-17(11-9-16)25(26,27)28/h3-13,24H,14H2,1-2H3,(H,29,32). The Morgan fingerprint density at radius 1 is 1.09 bits per heavy atom. The number of amides is 2. The van der Waals surface area contributed by atoms with E-state index in [1.165, 1.54) is 18.9 Å². The van der Waals surface area contributed by atoms with E-state index >= 15 is 0 Å². The highest BCUT2D eigenvalue weighted by Gasteiger charge is 2.37. The summed E-state index contributed by atoms with van der Waals surface area (Å²) in [4.78, 5) is 27.3. The quantitative estimate of drug-likeness (QED) is 0.477. The van der Waals surface area contributed by atoms with Gasteiger partial charge in [-0.05, 0) is 55.0 Å². The predicted molar refractivity (Wildman–Crippen MR) is 126 cm³/mol. The lowest BCUT2D eigenvalue weighted by molar-refractivity contribution is -0.137. The first-order valence-electron chi connectivity index (χ1n) is 10.3. The SMILES string of the molecule is COc1ccc(C)cc1N1C(=O)CSC1c1ccccc1NC(=O)c1ccc(C(F)(F)F)cc1. The Kier molecular flexibility index (Phi) is 6.56. The van der Waals surface area contributed by atoms with Crippen LogP contribution in [0, 0.1) is 6.92 Å². The number of methoxy groups -OCH3 is 1. The number of rotatable bonds is 5. The van der Waals surface area contributed by atoms with Crippen molar-refractivity contribution in [3.05, 3.63) is 89.0 Å². The summed E-state index contributed by atoms with van der Waals surface area (Å²) < 4.78 is 44.0. The van der Waals surface area contributed by atoms with E-state index in [2.05, 4.69) is 5.32 Å². The van der Waals surface area contributed by atoms with Crippen molar-refractivity contribution < 1.29 is 27.5 Å². The first kappa shape index (κ1) is 23.7. The number of hydrogen-bond acceptors (Lipinski definition) is 4. The summed E-state index contributed by atoms with van der Waals surface area (Å²) in [5.41, 5.74) is 2.02. The van der Waals surface area contributed by atoms with Crippen LogP contribution in [0.15, 0.2) is 66.7 Å². The smallest absolute Gasteiger partial charge is 0.416 e.